The van der Waals surface area contributed by atoms with Crippen LogP contribution in [0.2, 0.25) is 0 Å². The van der Waals surface area contributed by atoms with Crippen molar-refractivity contribution in [3.8, 4) is 0 Å². The van der Waals surface area contributed by atoms with E-state index in [0.29, 0.717) is 11.3 Å². The van der Waals surface area contributed by atoms with Gasteiger partial charge in [-0.25, -0.2) is 13.6 Å². The van der Waals surface area contributed by atoms with E-state index >= 15 is 0 Å². The van der Waals surface area contributed by atoms with Crippen LogP contribution in [0.1, 0.15) is 10.4 Å². The fourth-order valence-electron chi connectivity index (χ4n) is 1.56. The van der Waals surface area contributed by atoms with Crippen molar-refractivity contribution in [1.29, 1.82) is 0 Å². The summed E-state index contributed by atoms with van der Waals surface area (Å²) in [6.07, 6.45) is 0. The van der Waals surface area contributed by atoms with Gasteiger partial charge in [-0.05, 0) is 42.5 Å². The monoisotopic (exact) mass is 354 g/mol. The number of rotatable bonds is 3. The van der Waals surface area contributed by atoms with Crippen molar-refractivity contribution in [2.45, 2.75) is 4.90 Å². The van der Waals surface area contributed by atoms with Crippen LogP contribution in [0.5, 0.6) is 0 Å². The lowest BCUT2D eigenvalue weighted by Crippen LogP contribution is -2.14. The highest BCUT2D eigenvalue weighted by Crippen LogP contribution is 2.16. The summed E-state index contributed by atoms with van der Waals surface area (Å²) in [6, 6.07) is 12.6. The first-order valence-electron chi connectivity index (χ1n) is 5.56. The summed E-state index contributed by atoms with van der Waals surface area (Å²) in [6.45, 7) is 0. The van der Waals surface area contributed by atoms with E-state index in [4.69, 9.17) is 5.14 Å². The summed E-state index contributed by atoms with van der Waals surface area (Å²) in [5.41, 5.74) is 0.832. The molecule has 0 saturated heterocycles. The maximum absolute atomic E-state index is 12.0. The van der Waals surface area contributed by atoms with Crippen molar-refractivity contribution in [2.75, 3.05) is 5.32 Å². The average molecular weight is 355 g/mol. The van der Waals surface area contributed by atoms with Crippen molar-refractivity contribution in [3.63, 3.8) is 0 Å². The molecule has 0 heterocycles. The van der Waals surface area contributed by atoms with Crippen molar-refractivity contribution in [1.82, 2.24) is 0 Å². The predicted octanol–water partition coefficient (Wildman–Crippen LogP) is 2.35. The molecule has 0 atom stereocenters. The number of nitrogens with two attached hydrogens (primary N) is 1. The Morgan fingerprint density at radius 3 is 2.35 bits per heavy atom. The lowest BCUT2D eigenvalue weighted by atomic mass is 10.2. The number of anilines is 1. The van der Waals surface area contributed by atoms with Crippen LogP contribution in [0.4, 0.5) is 5.69 Å². The number of primary sulfonamides is 1. The van der Waals surface area contributed by atoms with Gasteiger partial charge in [-0.1, -0.05) is 22.0 Å². The molecule has 0 aliphatic carbocycles. The molecular formula is C13H11BrN2O3S. The fraction of sp³-hybridized carbons (Fsp3) is 0. The molecule has 104 valence electrons. The number of sulfonamides is 1. The molecule has 2 rings (SSSR count). The highest BCUT2D eigenvalue weighted by molar-refractivity contribution is 9.10. The van der Waals surface area contributed by atoms with Gasteiger partial charge < -0.3 is 5.32 Å². The summed E-state index contributed by atoms with van der Waals surface area (Å²) in [5, 5.41) is 7.65. The molecule has 3 N–H and O–H groups in total. The molecule has 0 aliphatic rings. The van der Waals surface area contributed by atoms with Gasteiger partial charge in [0.05, 0.1) is 4.90 Å². The largest absolute Gasteiger partial charge is 0.322 e. The molecule has 2 aromatic carbocycles. The van der Waals surface area contributed by atoms with Crippen LogP contribution in [0.3, 0.4) is 0 Å². The zero-order valence-corrected chi connectivity index (χ0v) is 12.6. The molecule has 20 heavy (non-hydrogen) atoms. The number of hydrogen-bond acceptors (Lipinski definition) is 3. The molecule has 0 bridgehead atoms. The highest BCUT2D eigenvalue weighted by atomic mass is 79.9. The molecular weight excluding hydrogens is 344 g/mol. The summed E-state index contributed by atoms with van der Waals surface area (Å²) in [5.74, 6) is -0.330. The van der Waals surface area contributed by atoms with Gasteiger partial charge in [0, 0.05) is 15.7 Å². The van der Waals surface area contributed by atoms with Crippen LogP contribution >= 0.6 is 15.9 Å². The van der Waals surface area contributed by atoms with Crippen molar-refractivity contribution < 1.29 is 13.2 Å². The second-order valence-corrected chi connectivity index (χ2v) is 6.51. The van der Waals surface area contributed by atoms with Crippen LogP contribution < -0.4 is 10.5 Å². The van der Waals surface area contributed by atoms with Gasteiger partial charge in [-0.3, -0.25) is 4.79 Å². The highest BCUT2D eigenvalue weighted by Gasteiger charge is 2.10. The lowest BCUT2D eigenvalue weighted by molar-refractivity contribution is 0.102. The molecule has 1 amide bonds. The maximum Gasteiger partial charge on any atom is 0.255 e. The lowest BCUT2D eigenvalue weighted by Gasteiger charge is -2.06. The van der Waals surface area contributed by atoms with E-state index in [0.717, 1.165) is 4.47 Å². The smallest absolute Gasteiger partial charge is 0.255 e. The maximum atomic E-state index is 12.0. The fourth-order valence-corrected chi connectivity index (χ4v) is 2.38. The van der Waals surface area contributed by atoms with Gasteiger partial charge in [0.1, 0.15) is 0 Å². The molecule has 0 aliphatic heterocycles. The van der Waals surface area contributed by atoms with Crippen molar-refractivity contribution >= 4 is 37.5 Å². The van der Waals surface area contributed by atoms with E-state index in [1.54, 1.807) is 30.3 Å². The number of benzene rings is 2. The van der Waals surface area contributed by atoms with E-state index in [9.17, 15) is 13.2 Å². The summed E-state index contributed by atoms with van der Waals surface area (Å²) in [7, 11) is -3.79. The second kappa shape index (κ2) is 5.74. The minimum Gasteiger partial charge on any atom is -0.322 e. The van der Waals surface area contributed by atoms with E-state index in [1.807, 2.05) is 0 Å². The Labute approximate surface area is 125 Å². The number of carbonyl (C=O) groups excluding carboxylic acids is 1. The third kappa shape index (κ3) is 3.66. The average Bonchev–Trinajstić information content (AvgIpc) is 2.38. The number of hydrogen-bond donors (Lipinski definition) is 2. The van der Waals surface area contributed by atoms with E-state index in [-0.39, 0.29) is 10.8 Å². The van der Waals surface area contributed by atoms with Gasteiger partial charge in [0.15, 0.2) is 0 Å². The van der Waals surface area contributed by atoms with Gasteiger partial charge in [0.25, 0.3) is 5.91 Å². The number of halogens is 1. The van der Waals surface area contributed by atoms with Gasteiger partial charge in [-0.15, -0.1) is 0 Å². The standard InChI is InChI=1S/C13H11BrN2O3S/c14-10-6-4-9(5-7-10)13(17)16-11-2-1-3-12(8-11)20(15,18)19/h1-8H,(H,16,17)(H2,15,18,19). The zero-order valence-electron chi connectivity index (χ0n) is 10.2. The molecule has 7 heteroatoms. The van der Waals surface area contributed by atoms with Gasteiger partial charge in [0.2, 0.25) is 10.0 Å². The molecule has 0 unspecified atom stereocenters. The van der Waals surface area contributed by atoms with Crippen LogP contribution in [0, 0.1) is 0 Å². The summed E-state index contributed by atoms with van der Waals surface area (Å²) >= 11 is 3.28. The first kappa shape index (κ1) is 14.7. The quantitative estimate of drug-likeness (QED) is 0.886. The van der Waals surface area contributed by atoms with E-state index in [1.165, 1.54) is 18.2 Å². The topological polar surface area (TPSA) is 89.3 Å². The second-order valence-electron chi connectivity index (χ2n) is 4.03. The molecule has 0 radical (unpaired) electrons. The van der Waals surface area contributed by atoms with Crippen molar-refractivity contribution in [3.05, 3.63) is 58.6 Å². The molecule has 2 aromatic rings. The normalized spacial score (nSPS) is 11.1. The van der Waals surface area contributed by atoms with E-state index in [2.05, 4.69) is 21.2 Å². The third-order valence-corrected chi connectivity index (χ3v) is 3.97. The zero-order chi connectivity index (χ0) is 14.8. The molecule has 0 spiro atoms. The molecule has 0 aromatic heterocycles. The number of amides is 1. The summed E-state index contributed by atoms with van der Waals surface area (Å²) in [4.78, 5) is 11.9. The Balaban J connectivity index is 2.22. The Bertz CT molecular complexity index is 742. The number of nitrogens with one attached hydrogen (secondary N) is 1. The first-order valence-corrected chi connectivity index (χ1v) is 7.90. The molecule has 5 nitrogen and oxygen atoms in total. The third-order valence-electron chi connectivity index (χ3n) is 2.53. The van der Waals surface area contributed by atoms with Gasteiger partial charge in [-0.2, -0.15) is 0 Å². The van der Waals surface area contributed by atoms with Crippen LogP contribution in [-0.4, -0.2) is 14.3 Å². The predicted molar refractivity (Wildman–Crippen MR) is 79.9 cm³/mol. The molecule has 0 fully saturated rings. The minimum absolute atomic E-state index is 0.0499. The SMILES string of the molecule is NS(=O)(=O)c1cccc(NC(=O)c2ccc(Br)cc2)c1. The Hall–Kier alpha value is -1.70. The van der Waals surface area contributed by atoms with Gasteiger partial charge >= 0.3 is 0 Å². The first-order chi connectivity index (χ1) is 9.36. The van der Waals surface area contributed by atoms with Crippen LogP contribution in [0.25, 0.3) is 0 Å². The van der Waals surface area contributed by atoms with Crippen molar-refractivity contribution in [2.24, 2.45) is 5.14 Å². The molecule has 0 saturated carbocycles. The Morgan fingerprint density at radius 1 is 1.10 bits per heavy atom. The summed E-state index contributed by atoms with van der Waals surface area (Å²) < 4.78 is 23.3. The Kier molecular flexibility index (Phi) is 4.22. The van der Waals surface area contributed by atoms with Crippen LogP contribution in [-0.2, 0) is 10.0 Å². The number of carbonyl (C=O) groups is 1. The Morgan fingerprint density at radius 2 is 1.75 bits per heavy atom. The minimum atomic E-state index is -3.79. The van der Waals surface area contributed by atoms with E-state index < -0.39 is 10.0 Å². The van der Waals surface area contributed by atoms with Crippen LogP contribution in [0.15, 0.2) is 57.9 Å².